The Morgan fingerprint density at radius 2 is 2.17 bits per heavy atom. The molecule has 0 atom stereocenters. The SMILES string of the molecule is CC(C)(C)c1nc(CNCCSCCCO)cs1. The molecule has 1 rings (SSSR count). The number of thioether (sulfide) groups is 1. The first-order valence-electron chi connectivity index (χ1n) is 6.38. The predicted octanol–water partition coefficient (Wildman–Crippen LogP) is 2.65. The maximum absolute atomic E-state index is 8.65. The highest BCUT2D eigenvalue weighted by atomic mass is 32.2. The van der Waals surface area contributed by atoms with Crippen molar-refractivity contribution in [2.24, 2.45) is 0 Å². The molecule has 0 unspecified atom stereocenters. The van der Waals surface area contributed by atoms with Crippen LogP contribution in [-0.2, 0) is 12.0 Å². The van der Waals surface area contributed by atoms with Crippen molar-refractivity contribution >= 4 is 23.1 Å². The maximum atomic E-state index is 8.65. The second-order valence-electron chi connectivity index (χ2n) is 5.26. The average Bonchev–Trinajstić information content (AvgIpc) is 2.76. The van der Waals surface area contributed by atoms with Gasteiger partial charge in [0.15, 0.2) is 0 Å². The Bertz CT molecular complexity index is 334. The molecule has 0 bridgehead atoms. The normalized spacial score (nSPS) is 12.0. The van der Waals surface area contributed by atoms with Crippen LogP contribution < -0.4 is 5.32 Å². The van der Waals surface area contributed by atoms with Crippen LogP contribution in [0.5, 0.6) is 0 Å². The third-order valence-corrected chi connectivity index (χ3v) is 4.76. The zero-order valence-corrected chi connectivity index (χ0v) is 13.2. The highest BCUT2D eigenvalue weighted by molar-refractivity contribution is 7.99. The fraction of sp³-hybridized carbons (Fsp3) is 0.769. The Balaban J connectivity index is 2.14. The topological polar surface area (TPSA) is 45.2 Å². The lowest BCUT2D eigenvalue weighted by Gasteiger charge is -2.13. The third kappa shape index (κ3) is 6.18. The summed E-state index contributed by atoms with van der Waals surface area (Å²) in [5, 5.41) is 15.4. The van der Waals surface area contributed by atoms with Crippen molar-refractivity contribution in [2.45, 2.75) is 39.2 Å². The summed E-state index contributed by atoms with van der Waals surface area (Å²) in [5.41, 5.74) is 1.30. The highest BCUT2D eigenvalue weighted by Crippen LogP contribution is 2.25. The van der Waals surface area contributed by atoms with Gasteiger partial charge >= 0.3 is 0 Å². The van der Waals surface area contributed by atoms with Crippen LogP contribution in [-0.4, -0.2) is 34.7 Å². The van der Waals surface area contributed by atoms with E-state index in [1.807, 2.05) is 11.8 Å². The largest absolute Gasteiger partial charge is 0.396 e. The molecule has 0 aliphatic heterocycles. The Labute approximate surface area is 118 Å². The molecule has 1 heterocycles. The second-order valence-corrected chi connectivity index (χ2v) is 7.34. The summed E-state index contributed by atoms with van der Waals surface area (Å²) in [5.74, 6) is 2.14. The van der Waals surface area contributed by atoms with Gasteiger partial charge in [-0.1, -0.05) is 20.8 Å². The van der Waals surface area contributed by atoms with E-state index in [4.69, 9.17) is 5.11 Å². The van der Waals surface area contributed by atoms with Gasteiger partial charge in [0.1, 0.15) is 0 Å². The van der Waals surface area contributed by atoms with E-state index in [2.05, 4.69) is 36.5 Å². The molecule has 0 saturated heterocycles. The van der Waals surface area contributed by atoms with Crippen LogP contribution in [0.25, 0.3) is 0 Å². The monoisotopic (exact) mass is 288 g/mol. The molecule has 1 aromatic rings. The molecule has 1 aromatic heterocycles. The van der Waals surface area contributed by atoms with Crippen molar-refractivity contribution in [2.75, 3.05) is 24.7 Å². The van der Waals surface area contributed by atoms with E-state index < -0.39 is 0 Å². The lowest BCUT2D eigenvalue weighted by molar-refractivity contribution is 0.296. The molecular weight excluding hydrogens is 264 g/mol. The van der Waals surface area contributed by atoms with E-state index in [-0.39, 0.29) is 5.41 Å². The summed E-state index contributed by atoms with van der Waals surface area (Å²) in [6.07, 6.45) is 0.895. The van der Waals surface area contributed by atoms with E-state index in [0.29, 0.717) is 6.61 Å². The Morgan fingerprint density at radius 3 is 2.78 bits per heavy atom. The molecule has 0 aromatic carbocycles. The molecule has 0 aliphatic rings. The molecule has 0 saturated carbocycles. The Hall–Kier alpha value is -0.100. The molecule has 18 heavy (non-hydrogen) atoms. The summed E-state index contributed by atoms with van der Waals surface area (Å²) < 4.78 is 0. The molecule has 0 spiro atoms. The molecule has 0 radical (unpaired) electrons. The predicted molar refractivity (Wildman–Crippen MR) is 81.5 cm³/mol. The van der Waals surface area contributed by atoms with Crippen molar-refractivity contribution in [1.29, 1.82) is 0 Å². The van der Waals surface area contributed by atoms with Gasteiger partial charge in [-0.2, -0.15) is 11.8 Å². The van der Waals surface area contributed by atoms with Gasteiger partial charge in [-0.05, 0) is 12.2 Å². The smallest absolute Gasteiger partial charge is 0.0982 e. The third-order valence-electron chi connectivity index (χ3n) is 2.37. The van der Waals surface area contributed by atoms with Crippen molar-refractivity contribution in [3.63, 3.8) is 0 Å². The van der Waals surface area contributed by atoms with Gasteiger partial charge in [-0.15, -0.1) is 11.3 Å². The lowest BCUT2D eigenvalue weighted by atomic mass is 9.98. The minimum Gasteiger partial charge on any atom is -0.396 e. The Kier molecular flexibility index (Phi) is 7.22. The number of aromatic nitrogens is 1. The maximum Gasteiger partial charge on any atom is 0.0982 e. The summed E-state index contributed by atoms with van der Waals surface area (Å²) in [6, 6.07) is 0. The second kappa shape index (κ2) is 8.15. The standard InChI is InChI=1S/C13H24N2OS2/c1-13(2,3)12-15-11(10-18-12)9-14-5-8-17-7-4-6-16/h10,14,16H,4-9H2,1-3H3. The van der Waals surface area contributed by atoms with Crippen molar-refractivity contribution in [1.82, 2.24) is 10.3 Å². The lowest BCUT2D eigenvalue weighted by Crippen LogP contribution is -2.17. The van der Waals surface area contributed by atoms with E-state index in [1.54, 1.807) is 11.3 Å². The minimum absolute atomic E-state index is 0.156. The van der Waals surface area contributed by atoms with E-state index in [0.717, 1.165) is 36.7 Å². The molecule has 2 N–H and O–H groups in total. The molecular formula is C13H24N2OS2. The fourth-order valence-corrected chi connectivity index (χ4v) is 3.10. The van der Waals surface area contributed by atoms with Crippen molar-refractivity contribution in [3.05, 3.63) is 16.1 Å². The van der Waals surface area contributed by atoms with Crippen LogP contribution in [0.2, 0.25) is 0 Å². The van der Waals surface area contributed by atoms with Gasteiger partial charge in [-0.25, -0.2) is 4.98 Å². The van der Waals surface area contributed by atoms with E-state index in [9.17, 15) is 0 Å². The van der Waals surface area contributed by atoms with Gasteiger partial charge < -0.3 is 10.4 Å². The number of hydrogen-bond acceptors (Lipinski definition) is 5. The van der Waals surface area contributed by atoms with Gasteiger partial charge in [0.05, 0.1) is 10.7 Å². The first-order chi connectivity index (χ1) is 8.54. The number of nitrogens with one attached hydrogen (secondary N) is 1. The van der Waals surface area contributed by atoms with Crippen LogP contribution in [0, 0.1) is 0 Å². The number of rotatable bonds is 8. The molecule has 0 amide bonds. The quantitative estimate of drug-likeness (QED) is 0.722. The zero-order valence-electron chi connectivity index (χ0n) is 11.5. The summed E-state index contributed by atoms with van der Waals surface area (Å²) in [7, 11) is 0. The van der Waals surface area contributed by atoms with Crippen LogP contribution in [0.15, 0.2) is 5.38 Å². The molecule has 3 nitrogen and oxygen atoms in total. The van der Waals surface area contributed by atoms with Gasteiger partial charge in [0.25, 0.3) is 0 Å². The number of aliphatic hydroxyl groups excluding tert-OH is 1. The van der Waals surface area contributed by atoms with Crippen LogP contribution in [0.1, 0.15) is 37.9 Å². The van der Waals surface area contributed by atoms with Gasteiger partial charge in [0.2, 0.25) is 0 Å². The fourth-order valence-electron chi connectivity index (χ4n) is 1.36. The van der Waals surface area contributed by atoms with Crippen molar-refractivity contribution in [3.8, 4) is 0 Å². The van der Waals surface area contributed by atoms with Crippen molar-refractivity contribution < 1.29 is 5.11 Å². The molecule has 0 aliphatic carbocycles. The van der Waals surface area contributed by atoms with Crippen LogP contribution in [0.4, 0.5) is 0 Å². The number of nitrogens with zero attached hydrogens (tertiary/aromatic N) is 1. The first-order valence-corrected chi connectivity index (χ1v) is 8.41. The van der Waals surface area contributed by atoms with E-state index >= 15 is 0 Å². The Morgan fingerprint density at radius 1 is 1.39 bits per heavy atom. The molecule has 104 valence electrons. The van der Waals surface area contributed by atoms with Gasteiger partial charge in [-0.3, -0.25) is 0 Å². The van der Waals surface area contributed by atoms with Crippen LogP contribution >= 0.6 is 23.1 Å². The number of aliphatic hydroxyl groups is 1. The summed E-state index contributed by atoms with van der Waals surface area (Å²) >= 11 is 3.63. The molecule has 0 fully saturated rings. The highest BCUT2D eigenvalue weighted by Gasteiger charge is 2.17. The number of hydrogen-bond donors (Lipinski definition) is 2. The summed E-state index contributed by atoms with van der Waals surface area (Å²) in [6.45, 7) is 8.74. The van der Waals surface area contributed by atoms with Crippen LogP contribution in [0.3, 0.4) is 0 Å². The summed E-state index contributed by atoms with van der Waals surface area (Å²) in [4.78, 5) is 4.64. The molecule has 5 heteroatoms. The first kappa shape index (κ1) is 16.0. The zero-order chi connectivity index (χ0) is 13.4. The minimum atomic E-state index is 0.156. The van der Waals surface area contributed by atoms with Gasteiger partial charge in [0, 0.05) is 36.2 Å². The van der Waals surface area contributed by atoms with E-state index in [1.165, 1.54) is 5.01 Å². The average molecular weight is 288 g/mol. The number of thiazole rings is 1.